The monoisotopic (exact) mass is 448 g/mol. The van der Waals surface area contributed by atoms with E-state index in [9.17, 15) is 14.7 Å². The molecule has 7 nitrogen and oxygen atoms in total. The van der Waals surface area contributed by atoms with Gasteiger partial charge in [0, 0.05) is 5.69 Å². The molecule has 0 spiro atoms. The Morgan fingerprint density at radius 2 is 1.94 bits per heavy atom. The Labute approximate surface area is 188 Å². The van der Waals surface area contributed by atoms with E-state index in [1.807, 2.05) is 6.07 Å². The van der Waals surface area contributed by atoms with Gasteiger partial charge in [0.05, 0.1) is 41.2 Å². The average molecular weight is 449 g/mol. The molecule has 1 atom stereocenters. The molecule has 1 aliphatic rings. The number of halogens is 1. The van der Waals surface area contributed by atoms with E-state index in [0.717, 1.165) is 5.56 Å². The summed E-state index contributed by atoms with van der Waals surface area (Å²) in [6, 6.07) is 13.7. The first-order chi connectivity index (χ1) is 15.4. The van der Waals surface area contributed by atoms with Crippen molar-refractivity contribution in [3.8, 4) is 11.8 Å². The number of carbonyl (C=O) groups is 2. The quantitative estimate of drug-likeness (QED) is 0.351. The van der Waals surface area contributed by atoms with Gasteiger partial charge in [0.2, 0.25) is 0 Å². The highest BCUT2D eigenvalue weighted by molar-refractivity contribution is 6.51. The highest BCUT2D eigenvalue weighted by Gasteiger charge is 2.48. The third kappa shape index (κ3) is 3.41. The van der Waals surface area contributed by atoms with Gasteiger partial charge in [0.15, 0.2) is 0 Å². The van der Waals surface area contributed by atoms with E-state index < -0.39 is 23.5 Å². The molecule has 160 valence electrons. The van der Waals surface area contributed by atoms with Crippen LogP contribution in [0.5, 0.6) is 5.75 Å². The van der Waals surface area contributed by atoms with Crippen LogP contribution in [0.4, 0.5) is 5.69 Å². The minimum absolute atomic E-state index is 0.158. The molecule has 32 heavy (non-hydrogen) atoms. The van der Waals surface area contributed by atoms with Crippen LogP contribution >= 0.6 is 11.6 Å². The SMILES string of the molecule is COc1c(Cl)cc(C)cc1/C(O)=C1/C(=O)C(=O)N(c2ccc(C#N)cc2)C1c1ccco1. The van der Waals surface area contributed by atoms with E-state index in [1.54, 1.807) is 43.3 Å². The minimum atomic E-state index is -1.03. The smallest absolute Gasteiger partial charge is 0.300 e. The number of aliphatic hydroxyl groups is 1. The molecule has 1 fully saturated rings. The van der Waals surface area contributed by atoms with Crippen LogP contribution in [-0.2, 0) is 9.59 Å². The fourth-order valence-electron chi connectivity index (χ4n) is 3.77. The summed E-state index contributed by atoms with van der Waals surface area (Å²) in [6.07, 6.45) is 1.42. The number of methoxy groups -OCH3 is 1. The Morgan fingerprint density at radius 3 is 2.53 bits per heavy atom. The average Bonchev–Trinajstić information content (AvgIpc) is 3.40. The van der Waals surface area contributed by atoms with Crippen molar-refractivity contribution in [2.75, 3.05) is 12.0 Å². The number of amides is 1. The van der Waals surface area contributed by atoms with E-state index in [2.05, 4.69) is 0 Å². The second kappa shape index (κ2) is 8.25. The first-order valence-electron chi connectivity index (χ1n) is 9.56. The van der Waals surface area contributed by atoms with Gasteiger partial charge in [-0.25, -0.2) is 0 Å². The van der Waals surface area contributed by atoms with Crippen molar-refractivity contribution < 1.29 is 23.8 Å². The Morgan fingerprint density at radius 1 is 1.22 bits per heavy atom. The van der Waals surface area contributed by atoms with Crippen molar-refractivity contribution in [3.05, 3.63) is 87.8 Å². The number of furan rings is 1. The highest BCUT2D eigenvalue weighted by Crippen LogP contribution is 2.44. The molecule has 1 amide bonds. The lowest BCUT2D eigenvalue weighted by atomic mass is 9.97. The number of aryl methyl sites for hydroxylation is 1. The van der Waals surface area contributed by atoms with Gasteiger partial charge in [0.25, 0.3) is 11.7 Å². The number of carbonyl (C=O) groups excluding carboxylic acids is 2. The van der Waals surface area contributed by atoms with Crippen molar-refractivity contribution in [2.45, 2.75) is 13.0 Å². The number of rotatable bonds is 4. The van der Waals surface area contributed by atoms with Gasteiger partial charge >= 0.3 is 0 Å². The van der Waals surface area contributed by atoms with Gasteiger partial charge < -0.3 is 14.3 Å². The Balaban J connectivity index is 1.96. The van der Waals surface area contributed by atoms with Gasteiger partial charge in [-0.05, 0) is 61.0 Å². The van der Waals surface area contributed by atoms with Crippen LogP contribution in [0, 0.1) is 18.3 Å². The van der Waals surface area contributed by atoms with Gasteiger partial charge in [0.1, 0.15) is 23.3 Å². The summed E-state index contributed by atoms with van der Waals surface area (Å²) in [6.45, 7) is 1.78. The molecule has 2 aromatic carbocycles. The molecule has 1 N–H and O–H groups in total. The maximum atomic E-state index is 13.1. The molecule has 1 aliphatic heterocycles. The second-order valence-electron chi connectivity index (χ2n) is 7.17. The molecule has 0 bridgehead atoms. The van der Waals surface area contributed by atoms with Crippen LogP contribution in [0.25, 0.3) is 5.76 Å². The molecular formula is C24H17ClN2O5. The summed E-state index contributed by atoms with van der Waals surface area (Å²) in [5.74, 6) is -1.68. The molecule has 1 unspecified atom stereocenters. The van der Waals surface area contributed by atoms with E-state index in [4.69, 9.17) is 26.0 Å². The summed E-state index contributed by atoms with van der Waals surface area (Å²) in [5, 5.41) is 20.6. The summed E-state index contributed by atoms with van der Waals surface area (Å²) in [4.78, 5) is 27.4. The molecular weight excluding hydrogens is 432 g/mol. The predicted octanol–water partition coefficient (Wildman–Crippen LogP) is 4.75. The third-order valence-corrected chi connectivity index (χ3v) is 5.46. The van der Waals surface area contributed by atoms with E-state index in [0.29, 0.717) is 11.3 Å². The first kappa shape index (κ1) is 21.2. The number of aliphatic hydroxyl groups excluding tert-OH is 1. The number of hydrogen-bond acceptors (Lipinski definition) is 6. The number of ketones is 1. The third-order valence-electron chi connectivity index (χ3n) is 5.18. The molecule has 3 aromatic rings. The molecule has 0 aliphatic carbocycles. The molecule has 1 saturated heterocycles. The van der Waals surface area contributed by atoms with Crippen molar-refractivity contribution in [2.24, 2.45) is 0 Å². The summed E-state index contributed by atoms with van der Waals surface area (Å²) in [7, 11) is 1.40. The maximum absolute atomic E-state index is 13.1. The number of Topliss-reactive ketones (excluding diaryl/α,β-unsaturated/α-hetero) is 1. The van der Waals surface area contributed by atoms with Crippen LogP contribution in [0.1, 0.15) is 28.5 Å². The number of nitriles is 1. The largest absolute Gasteiger partial charge is 0.507 e. The number of anilines is 1. The Bertz CT molecular complexity index is 1290. The fraction of sp³-hybridized carbons (Fsp3) is 0.125. The molecule has 4 rings (SSSR count). The summed E-state index contributed by atoms with van der Waals surface area (Å²) >= 11 is 6.27. The topological polar surface area (TPSA) is 104 Å². The van der Waals surface area contributed by atoms with E-state index in [-0.39, 0.29) is 27.7 Å². The zero-order valence-electron chi connectivity index (χ0n) is 17.1. The number of nitrogens with zero attached hydrogens (tertiary/aromatic N) is 2. The minimum Gasteiger partial charge on any atom is -0.507 e. The van der Waals surface area contributed by atoms with Crippen LogP contribution in [0.15, 0.2) is 64.8 Å². The Hall–Kier alpha value is -4.02. The highest BCUT2D eigenvalue weighted by atomic mass is 35.5. The summed E-state index contributed by atoms with van der Waals surface area (Å²) < 4.78 is 10.9. The molecule has 1 aromatic heterocycles. The van der Waals surface area contributed by atoms with Crippen molar-refractivity contribution in [1.29, 1.82) is 5.26 Å². The van der Waals surface area contributed by atoms with Gasteiger partial charge in [-0.1, -0.05) is 11.6 Å². The van der Waals surface area contributed by atoms with Crippen molar-refractivity contribution in [1.82, 2.24) is 0 Å². The van der Waals surface area contributed by atoms with E-state index in [1.165, 1.54) is 30.4 Å². The maximum Gasteiger partial charge on any atom is 0.300 e. The van der Waals surface area contributed by atoms with Crippen molar-refractivity contribution in [3.63, 3.8) is 0 Å². The van der Waals surface area contributed by atoms with Gasteiger partial charge in [-0.15, -0.1) is 0 Å². The predicted molar refractivity (Wildman–Crippen MR) is 117 cm³/mol. The standard InChI is InChI=1S/C24H17ClN2O5/c1-13-10-16(23(31-2)17(25)11-13)21(28)19-20(18-4-3-9-32-18)27(24(30)22(19)29)15-7-5-14(12-26)6-8-15/h3-11,20,28H,1-2H3/b21-19-. The summed E-state index contributed by atoms with van der Waals surface area (Å²) in [5.41, 5.74) is 1.54. The van der Waals surface area contributed by atoms with Crippen LogP contribution in [-0.4, -0.2) is 23.9 Å². The lowest BCUT2D eigenvalue weighted by Gasteiger charge is -2.23. The van der Waals surface area contributed by atoms with E-state index >= 15 is 0 Å². The van der Waals surface area contributed by atoms with Crippen molar-refractivity contribution >= 4 is 34.7 Å². The lowest BCUT2D eigenvalue weighted by molar-refractivity contribution is -0.132. The van der Waals surface area contributed by atoms with Crippen LogP contribution in [0.3, 0.4) is 0 Å². The van der Waals surface area contributed by atoms with Crippen LogP contribution in [0.2, 0.25) is 5.02 Å². The van der Waals surface area contributed by atoms with Crippen LogP contribution < -0.4 is 9.64 Å². The molecule has 0 radical (unpaired) electrons. The molecule has 2 heterocycles. The number of hydrogen-bond donors (Lipinski definition) is 1. The second-order valence-corrected chi connectivity index (χ2v) is 7.58. The molecule has 0 saturated carbocycles. The first-order valence-corrected chi connectivity index (χ1v) is 9.94. The molecule has 8 heteroatoms. The van der Waals surface area contributed by atoms with Gasteiger partial charge in [-0.2, -0.15) is 5.26 Å². The van der Waals surface area contributed by atoms with Gasteiger partial charge in [-0.3, -0.25) is 14.5 Å². The zero-order valence-corrected chi connectivity index (χ0v) is 17.9. The number of ether oxygens (including phenoxy) is 1. The fourth-order valence-corrected chi connectivity index (χ4v) is 4.12. The lowest BCUT2D eigenvalue weighted by Crippen LogP contribution is -2.29. The number of benzene rings is 2. The zero-order chi connectivity index (χ0) is 23.0. The Kier molecular flexibility index (Phi) is 5.47. The normalized spacial score (nSPS) is 17.4.